The van der Waals surface area contributed by atoms with Crippen molar-refractivity contribution >= 4 is 21.6 Å². The highest BCUT2D eigenvalue weighted by Crippen LogP contribution is 2.37. The minimum atomic E-state index is -3.54. The molecule has 1 aliphatic heterocycles. The highest BCUT2D eigenvalue weighted by Gasteiger charge is 2.45. The topological polar surface area (TPSA) is 67.4 Å². The fraction of sp³-hybridized carbons (Fsp3) is 0.625. The van der Waals surface area contributed by atoms with Crippen LogP contribution >= 0.6 is 11.6 Å². The lowest BCUT2D eigenvalue weighted by Crippen LogP contribution is -2.46. The van der Waals surface area contributed by atoms with Gasteiger partial charge in [0.25, 0.3) is 0 Å². The Morgan fingerprint density at radius 1 is 1.26 bits per heavy atom. The molecule has 23 heavy (non-hydrogen) atoms. The van der Waals surface area contributed by atoms with Gasteiger partial charge in [-0.15, -0.1) is 0 Å². The van der Waals surface area contributed by atoms with E-state index >= 15 is 0 Å². The SMILES string of the molecule is CC1(C)CC(NCCNS(=O)(=O)c2cccc(Cl)c2)C(C)(C)O1. The molecule has 0 aromatic heterocycles. The average Bonchev–Trinajstić information content (AvgIpc) is 2.62. The maximum atomic E-state index is 12.2. The summed E-state index contributed by atoms with van der Waals surface area (Å²) in [5.74, 6) is 0. The summed E-state index contributed by atoms with van der Waals surface area (Å²) in [7, 11) is -3.54. The van der Waals surface area contributed by atoms with E-state index in [1.54, 1.807) is 12.1 Å². The Hall–Kier alpha value is -0.660. The lowest BCUT2D eigenvalue weighted by molar-refractivity contribution is -0.0697. The number of hydrogen-bond donors (Lipinski definition) is 2. The van der Waals surface area contributed by atoms with Gasteiger partial charge >= 0.3 is 0 Å². The van der Waals surface area contributed by atoms with Crippen molar-refractivity contribution in [1.29, 1.82) is 0 Å². The van der Waals surface area contributed by atoms with E-state index in [1.807, 2.05) is 0 Å². The smallest absolute Gasteiger partial charge is 0.240 e. The third-order valence-electron chi connectivity index (χ3n) is 3.99. The van der Waals surface area contributed by atoms with E-state index in [-0.39, 0.29) is 22.1 Å². The minimum absolute atomic E-state index is 0.165. The molecule has 0 saturated carbocycles. The van der Waals surface area contributed by atoms with Gasteiger partial charge in [-0.25, -0.2) is 13.1 Å². The van der Waals surface area contributed by atoms with E-state index in [1.165, 1.54) is 12.1 Å². The number of ether oxygens (including phenoxy) is 1. The van der Waals surface area contributed by atoms with Crippen molar-refractivity contribution in [3.8, 4) is 0 Å². The summed E-state index contributed by atoms with van der Waals surface area (Å²) in [6.45, 7) is 9.08. The lowest BCUT2D eigenvalue weighted by atomic mass is 9.94. The van der Waals surface area contributed by atoms with Gasteiger partial charge in [0, 0.05) is 24.2 Å². The van der Waals surface area contributed by atoms with Crippen LogP contribution in [0.2, 0.25) is 5.02 Å². The largest absolute Gasteiger partial charge is 0.368 e. The third-order valence-corrected chi connectivity index (χ3v) is 5.68. The Labute approximate surface area is 143 Å². The van der Waals surface area contributed by atoms with Crippen molar-refractivity contribution in [3.05, 3.63) is 29.3 Å². The van der Waals surface area contributed by atoms with E-state index in [2.05, 4.69) is 37.7 Å². The quantitative estimate of drug-likeness (QED) is 0.765. The first-order valence-corrected chi connectivity index (χ1v) is 9.57. The van der Waals surface area contributed by atoms with Gasteiger partial charge < -0.3 is 10.1 Å². The average molecular weight is 361 g/mol. The van der Waals surface area contributed by atoms with Crippen LogP contribution in [0.25, 0.3) is 0 Å². The summed E-state index contributed by atoms with van der Waals surface area (Å²) < 4.78 is 33.0. The molecule has 1 unspecified atom stereocenters. The van der Waals surface area contributed by atoms with E-state index in [4.69, 9.17) is 16.3 Å². The van der Waals surface area contributed by atoms with Crippen LogP contribution in [0.4, 0.5) is 0 Å². The Morgan fingerprint density at radius 2 is 1.96 bits per heavy atom. The molecule has 1 aromatic rings. The molecule has 0 amide bonds. The van der Waals surface area contributed by atoms with Gasteiger partial charge in [0.15, 0.2) is 0 Å². The standard InChI is InChI=1S/C16H25ClN2O3S/c1-15(2)11-14(16(3,4)22-15)18-8-9-19-23(20,21)13-7-5-6-12(17)10-13/h5-7,10,14,18-19H,8-9,11H2,1-4H3. The first kappa shape index (κ1) is 18.7. The molecular formula is C16H25ClN2O3S. The predicted octanol–water partition coefficient (Wildman–Crippen LogP) is 2.55. The first-order chi connectivity index (χ1) is 10.5. The van der Waals surface area contributed by atoms with Crippen LogP contribution in [0.5, 0.6) is 0 Å². The summed E-state index contributed by atoms with van der Waals surface area (Å²) in [5.41, 5.74) is -0.434. The van der Waals surface area contributed by atoms with Crippen molar-refractivity contribution in [1.82, 2.24) is 10.0 Å². The van der Waals surface area contributed by atoms with Crippen LogP contribution in [-0.4, -0.2) is 38.8 Å². The van der Waals surface area contributed by atoms with Gasteiger partial charge in [-0.05, 0) is 52.3 Å². The molecule has 2 rings (SSSR count). The second kappa shape index (κ2) is 6.69. The number of rotatable bonds is 6. The van der Waals surface area contributed by atoms with Gasteiger partial charge in [-0.2, -0.15) is 0 Å². The van der Waals surface area contributed by atoms with Crippen LogP contribution in [0.3, 0.4) is 0 Å². The van der Waals surface area contributed by atoms with Crippen LogP contribution in [0.1, 0.15) is 34.1 Å². The molecule has 1 aliphatic rings. The zero-order chi connectivity index (χ0) is 17.3. The van der Waals surface area contributed by atoms with Gasteiger partial charge in [0.1, 0.15) is 0 Å². The number of nitrogens with one attached hydrogen (secondary N) is 2. The molecule has 0 aliphatic carbocycles. The second-order valence-electron chi connectivity index (χ2n) is 7.03. The Bertz CT molecular complexity index is 659. The van der Waals surface area contributed by atoms with Crippen molar-refractivity contribution < 1.29 is 13.2 Å². The van der Waals surface area contributed by atoms with Crippen LogP contribution in [0.15, 0.2) is 29.2 Å². The molecule has 1 fully saturated rings. The molecule has 0 radical (unpaired) electrons. The highest BCUT2D eigenvalue weighted by atomic mass is 35.5. The molecule has 5 nitrogen and oxygen atoms in total. The predicted molar refractivity (Wildman–Crippen MR) is 92.3 cm³/mol. The van der Waals surface area contributed by atoms with E-state index in [0.717, 1.165) is 6.42 Å². The molecule has 1 atom stereocenters. The molecule has 7 heteroatoms. The van der Waals surface area contributed by atoms with Crippen LogP contribution in [0, 0.1) is 0 Å². The number of benzene rings is 1. The molecule has 1 aromatic carbocycles. The molecule has 0 spiro atoms. The van der Waals surface area contributed by atoms with Gasteiger partial charge in [0.05, 0.1) is 16.1 Å². The maximum Gasteiger partial charge on any atom is 0.240 e. The van der Waals surface area contributed by atoms with Gasteiger partial charge in [-0.3, -0.25) is 0 Å². The van der Waals surface area contributed by atoms with Gasteiger partial charge in [0.2, 0.25) is 10.0 Å². The summed E-state index contributed by atoms with van der Waals surface area (Å²) in [4.78, 5) is 0.177. The lowest BCUT2D eigenvalue weighted by Gasteiger charge is -2.27. The molecule has 0 bridgehead atoms. The zero-order valence-corrected chi connectivity index (χ0v) is 15.6. The summed E-state index contributed by atoms with van der Waals surface area (Å²) >= 11 is 5.84. The molecule has 2 N–H and O–H groups in total. The number of hydrogen-bond acceptors (Lipinski definition) is 4. The minimum Gasteiger partial charge on any atom is -0.368 e. The van der Waals surface area contributed by atoms with E-state index in [0.29, 0.717) is 18.1 Å². The molecule has 130 valence electrons. The Balaban J connectivity index is 1.86. The van der Waals surface area contributed by atoms with E-state index in [9.17, 15) is 8.42 Å². The Kier molecular flexibility index (Phi) is 5.43. The summed E-state index contributed by atoms with van der Waals surface area (Å²) in [6.07, 6.45) is 0.890. The third kappa shape index (κ3) is 4.90. The summed E-state index contributed by atoms with van der Waals surface area (Å²) in [5, 5.41) is 3.79. The van der Waals surface area contributed by atoms with Crippen molar-refractivity contribution in [3.63, 3.8) is 0 Å². The van der Waals surface area contributed by atoms with Crippen molar-refractivity contribution in [2.24, 2.45) is 0 Å². The second-order valence-corrected chi connectivity index (χ2v) is 9.23. The molecular weight excluding hydrogens is 336 g/mol. The highest BCUT2D eigenvalue weighted by molar-refractivity contribution is 7.89. The van der Waals surface area contributed by atoms with Crippen molar-refractivity contribution in [2.75, 3.05) is 13.1 Å². The molecule has 1 heterocycles. The zero-order valence-electron chi connectivity index (χ0n) is 14.0. The fourth-order valence-corrected chi connectivity index (χ4v) is 4.36. The normalized spacial score (nSPS) is 23.1. The van der Waals surface area contributed by atoms with Gasteiger partial charge in [-0.1, -0.05) is 17.7 Å². The van der Waals surface area contributed by atoms with Crippen molar-refractivity contribution in [2.45, 2.75) is 56.3 Å². The van der Waals surface area contributed by atoms with Crippen LogP contribution in [-0.2, 0) is 14.8 Å². The van der Waals surface area contributed by atoms with E-state index < -0.39 is 10.0 Å². The number of sulfonamides is 1. The fourth-order valence-electron chi connectivity index (χ4n) is 3.03. The summed E-state index contributed by atoms with van der Waals surface area (Å²) in [6, 6.07) is 6.42. The van der Waals surface area contributed by atoms with Crippen LogP contribution < -0.4 is 10.0 Å². The first-order valence-electron chi connectivity index (χ1n) is 7.71. The maximum absolute atomic E-state index is 12.2. The molecule has 1 saturated heterocycles. The Morgan fingerprint density at radius 3 is 2.52 bits per heavy atom. The monoisotopic (exact) mass is 360 g/mol. The number of halogens is 1.